The lowest BCUT2D eigenvalue weighted by atomic mass is 10.3. The van der Waals surface area contributed by atoms with Gasteiger partial charge in [-0.1, -0.05) is 0 Å². The van der Waals surface area contributed by atoms with E-state index in [4.69, 9.17) is 0 Å². The van der Waals surface area contributed by atoms with Crippen molar-refractivity contribution >= 4 is 21.8 Å². The van der Waals surface area contributed by atoms with Crippen LogP contribution in [0.15, 0.2) is 16.7 Å². The summed E-state index contributed by atoms with van der Waals surface area (Å²) in [4.78, 5) is 13.8. The van der Waals surface area contributed by atoms with Gasteiger partial charge in [0.15, 0.2) is 5.69 Å². The number of carbonyl (C=O) groups is 1. The molecule has 1 amide bonds. The first kappa shape index (κ1) is 17.5. The number of aryl methyl sites for hydroxylation is 2. The van der Waals surface area contributed by atoms with Crippen LogP contribution >= 0.6 is 15.9 Å². The maximum Gasteiger partial charge on any atom is 0.435 e. The summed E-state index contributed by atoms with van der Waals surface area (Å²) in [6.45, 7) is 1.99. The standard InChI is InChI=1S/C13H15BrF3N5O/c1-4-22-9(5-11(19-22)13(15,16)17)12(23)20(2)7-10-8(14)6-18-21(10)3/h5-6H,4,7H2,1-3H3. The minimum atomic E-state index is -4.58. The first-order valence-corrected chi connectivity index (χ1v) is 7.51. The van der Waals surface area contributed by atoms with E-state index in [1.54, 1.807) is 24.9 Å². The lowest BCUT2D eigenvalue weighted by Crippen LogP contribution is -2.29. The third-order valence-corrected chi connectivity index (χ3v) is 4.00. The van der Waals surface area contributed by atoms with Gasteiger partial charge in [0, 0.05) is 26.7 Å². The second-order valence-electron chi connectivity index (χ2n) is 4.95. The van der Waals surface area contributed by atoms with Crippen molar-refractivity contribution in [2.75, 3.05) is 7.05 Å². The van der Waals surface area contributed by atoms with E-state index in [2.05, 4.69) is 26.1 Å². The third kappa shape index (κ3) is 3.57. The highest BCUT2D eigenvalue weighted by molar-refractivity contribution is 9.10. The molecule has 0 fully saturated rings. The molecule has 2 rings (SSSR count). The Morgan fingerprint density at radius 3 is 2.57 bits per heavy atom. The van der Waals surface area contributed by atoms with Crippen LogP contribution in [0, 0.1) is 0 Å². The zero-order valence-electron chi connectivity index (χ0n) is 12.7. The number of alkyl halides is 3. The highest BCUT2D eigenvalue weighted by Gasteiger charge is 2.36. The lowest BCUT2D eigenvalue weighted by Gasteiger charge is -2.18. The summed E-state index contributed by atoms with van der Waals surface area (Å²) in [6.07, 6.45) is -3.00. The number of rotatable bonds is 4. The molecule has 10 heteroatoms. The van der Waals surface area contributed by atoms with E-state index in [9.17, 15) is 18.0 Å². The second kappa shape index (κ2) is 6.34. The fraction of sp³-hybridized carbons (Fsp3) is 0.462. The Morgan fingerprint density at radius 2 is 2.09 bits per heavy atom. The van der Waals surface area contributed by atoms with E-state index in [-0.39, 0.29) is 18.8 Å². The van der Waals surface area contributed by atoms with E-state index < -0.39 is 17.8 Å². The van der Waals surface area contributed by atoms with Gasteiger partial charge in [-0.05, 0) is 22.9 Å². The molecule has 0 saturated heterocycles. The zero-order valence-corrected chi connectivity index (χ0v) is 14.3. The molecule has 2 aromatic rings. The summed E-state index contributed by atoms with van der Waals surface area (Å²) in [7, 11) is 3.23. The number of hydrogen-bond donors (Lipinski definition) is 0. The molecule has 0 aliphatic heterocycles. The molecule has 0 radical (unpaired) electrons. The Hall–Kier alpha value is -1.84. The molecule has 0 bridgehead atoms. The van der Waals surface area contributed by atoms with Gasteiger partial charge in [0.1, 0.15) is 5.69 Å². The Balaban J connectivity index is 2.27. The highest BCUT2D eigenvalue weighted by Crippen LogP contribution is 2.29. The van der Waals surface area contributed by atoms with Gasteiger partial charge in [-0.25, -0.2) is 0 Å². The van der Waals surface area contributed by atoms with Crippen molar-refractivity contribution in [2.24, 2.45) is 7.05 Å². The Labute approximate surface area is 139 Å². The average molecular weight is 394 g/mol. The van der Waals surface area contributed by atoms with E-state index in [1.165, 1.54) is 11.9 Å². The van der Waals surface area contributed by atoms with Gasteiger partial charge in [-0.3, -0.25) is 14.2 Å². The van der Waals surface area contributed by atoms with Crippen molar-refractivity contribution in [1.82, 2.24) is 24.5 Å². The summed E-state index contributed by atoms with van der Waals surface area (Å²) in [5.41, 5.74) is -0.433. The molecule has 0 spiro atoms. The molecule has 0 unspecified atom stereocenters. The molecule has 0 aromatic carbocycles. The summed E-state index contributed by atoms with van der Waals surface area (Å²) < 4.78 is 41.7. The van der Waals surface area contributed by atoms with Gasteiger partial charge in [0.25, 0.3) is 5.91 Å². The van der Waals surface area contributed by atoms with Gasteiger partial charge in [-0.15, -0.1) is 0 Å². The van der Waals surface area contributed by atoms with Crippen LogP contribution in [0.5, 0.6) is 0 Å². The molecule has 23 heavy (non-hydrogen) atoms. The number of nitrogens with zero attached hydrogens (tertiary/aromatic N) is 5. The molecule has 2 heterocycles. The van der Waals surface area contributed by atoms with Crippen LogP contribution in [-0.4, -0.2) is 37.4 Å². The maximum atomic E-state index is 12.8. The van der Waals surface area contributed by atoms with Crippen molar-refractivity contribution < 1.29 is 18.0 Å². The van der Waals surface area contributed by atoms with Crippen LogP contribution in [0.25, 0.3) is 0 Å². The third-order valence-electron chi connectivity index (χ3n) is 3.33. The smallest absolute Gasteiger partial charge is 0.334 e. The van der Waals surface area contributed by atoms with E-state index >= 15 is 0 Å². The van der Waals surface area contributed by atoms with E-state index in [0.29, 0.717) is 0 Å². The number of halogens is 4. The quantitative estimate of drug-likeness (QED) is 0.802. The molecular weight excluding hydrogens is 379 g/mol. The van der Waals surface area contributed by atoms with Crippen molar-refractivity contribution in [3.8, 4) is 0 Å². The van der Waals surface area contributed by atoms with Crippen molar-refractivity contribution in [3.05, 3.63) is 33.8 Å². The topological polar surface area (TPSA) is 56.0 Å². The minimum Gasteiger partial charge on any atom is -0.334 e. The maximum absolute atomic E-state index is 12.8. The minimum absolute atomic E-state index is 0.0967. The summed E-state index contributed by atoms with van der Waals surface area (Å²) >= 11 is 3.32. The van der Waals surface area contributed by atoms with Crippen LogP contribution in [0.4, 0.5) is 13.2 Å². The molecule has 0 saturated carbocycles. The fourth-order valence-corrected chi connectivity index (χ4v) is 2.55. The van der Waals surface area contributed by atoms with Crippen LogP contribution < -0.4 is 0 Å². The number of carbonyl (C=O) groups excluding carboxylic acids is 1. The van der Waals surface area contributed by atoms with Gasteiger partial charge >= 0.3 is 6.18 Å². The van der Waals surface area contributed by atoms with E-state index in [1.807, 2.05) is 0 Å². The van der Waals surface area contributed by atoms with Crippen LogP contribution in [0.2, 0.25) is 0 Å². The highest BCUT2D eigenvalue weighted by atomic mass is 79.9. The Kier molecular flexibility index (Phi) is 4.83. The van der Waals surface area contributed by atoms with Crippen molar-refractivity contribution in [3.63, 3.8) is 0 Å². The van der Waals surface area contributed by atoms with Crippen molar-refractivity contribution in [2.45, 2.75) is 26.2 Å². The fourth-order valence-electron chi connectivity index (χ4n) is 2.07. The average Bonchev–Trinajstić information content (AvgIpc) is 3.04. The van der Waals surface area contributed by atoms with Crippen LogP contribution in [-0.2, 0) is 26.3 Å². The Morgan fingerprint density at radius 1 is 1.43 bits per heavy atom. The molecule has 0 N–H and O–H groups in total. The number of aromatic nitrogens is 4. The predicted octanol–water partition coefficient (Wildman–Crippen LogP) is 2.69. The SMILES string of the molecule is CCn1nc(C(F)(F)F)cc1C(=O)N(C)Cc1c(Br)cnn1C. The summed E-state index contributed by atoms with van der Waals surface area (Å²) in [6, 6.07) is 0.778. The number of amides is 1. The second-order valence-corrected chi connectivity index (χ2v) is 5.81. The largest absolute Gasteiger partial charge is 0.435 e. The van der Waals surface area contributed by atoms with Crippen molar-refractivity contribution in [1.29, 1.82) is 0 Å². The van der Waals surface area contributed by atoms with Gasteiger partial charge in [-0.2, -0.15) is 23.4 Å². The van der Waals surface area contributed by atoms with Crippen LogP contribution in [0.3, 0.4) is 0 Å². The summed E-state index contributed by atoms with van der Waals surface area (Å²) in [5, 5.41) is 7.49. The predicted molar refractivity (Wildman–Crippen MR) is 79.6 cm³/mol. The zero-order chi connectivity index (χ0) is 17.4. The Bertz CT molecular complexity index is 702. The first-order valence-electron chi connectivity index (χ1n) is 6.72. The molecule has 126 valence electrons. The normalized spacial score (nSPS) is 11.8. The monoisotopic (exact) mass is 393 g/mol. The van der Waals surface area contributed by atoms with E-state index in [0.717, 1.165) is 20.9 Å². The molecule has 0 atom stereocenters. The first-order chi connectivity index (χ1) is 10.6. The van der Waals surface area contributed by atoms with Crippen LogP contribution in [0.1, 0.15) is 28.8 Å². The summed E-state index contributed by atoms with van der Waals surface area (Å²) in [5.74, 6) is -0.539. The molecule has 0 aliphatic carbocycles. The van der Waals surface area contributed by atoms with Gasteiger partial charge in [0.2, 0.25) is 0 Å². The van der Waals surface area contributed by atoms with Gasteiger partial charge < -0.3 is 4.90 Å². The number of hydrogen-bond acceptors (Lipinski definition) is 3. The van der Waals surface area contributed by atoms with Gasteiger partial charge in [0.05, 0.1) is 22.9 Å². The molecule has 0 aliphatic rings. The molecule has 2 aromatic heterocycles. The molecular formula is C13H15BrF3N5O. The lowest BCUT2D eigenvalue weighted by molar-refractivity contribution is -0.141. The molecule has 6 nitrogen and oxygen atoms in total.